The van der Waals surface area contributed by atoms with Crippen LogP contribution in [0.4, 0.5) is 0 Å². The topological polar surface area (TPSA) is 66.8 Å². The molecule has 0 saturated heterocycles. The number of esters is 1. The second-order valence-corrected chi connectivity index (χ2v) is 9.38. The standard InChI is InChI=1S/C28H30O4/c1-15(2)20-13-25(29)17(5)11-23(20)28(22-10-8-7-9-19(22)27(31)32-28)24-12-18(6)26(30)14-21(24)16(3)4/h7-16,29-30H,1-6H3. The number of ether oxygens (including phenoxy) is 1. The molecule has 1 aliphatic heterocycles. The minimum Gasteiger partial charge on any atom is -0.508 e. The number of carbonyl (C=O) groups is 1. The number of phenols is 2. The Bertz CT molecular complexity index is 1160. The zero-order valence-electron chi connectivity index (χ0n) is 19.5. The van der Waals surface area contributed by atoms with Crippen molar-refractivity contribution in [1.82, 2.24) is 0 Å². The van der Waals surface area contributed by atoms with Gasteiger partial charge >= 0.3 is 5.97 Å². The van der Waals surface area contributed by atoms with Gasteiger partial charge in [0.1, 0.15) is 11.5 Å². The molecule has 0 aliphatic carbocycles. The molecule has 0 unspecified atom stereocenters. The summed E-state index contributed by atoms with van der Waals surface area (Å²) in [5.41, 5.74) is 5.08. The van der Waals surface area contributed by atoms with Crippen LogP contribution in [0.25, 0.3) is 0 Å². The average molecular weight is 431 g/mol. The highest BCUT2D eigenvalue weighted by Gasteiger charge is 2.51. The van der Waals surface area contributed by atoms with Crippen molar-refractivity contribution in [3.8, 4) is 11.5 Å². The summed E-state index contributed by atoms with van der Waals surface area (Å²) < 4.78 is 6.36. The summed E-state index contributed by atoms with van der Waals surface area (Å²) in [5, 5.41) is 21.0. The Morgan fingerprint density at radius 3 is 1.69 bits per heavy atom. The molecule has 1 aliphatic rings. The van der Waals surface area contributed by atoms with Gasteiger partial charge in [0.2, 0.25) is 0 Å². The number of rotatable bonds is 4. The Morgan fingerprint density at radius 2 is 1.22 bits per heavy atom. The molecule has 32 heavy (non-hydrogen) atoms. The first-order chi connectivity index (χ1) is 15.1. The first-order valence-electron chi connectivity index (χ1n) is 11.1. The van der Waals surface area contributed by atoms with Crippen molar-refractivity contribution in [3.63, 3.8) is 0 Å². The van der Waals surface area contributed by atoms with Gasteiger partial charge in [0, 0.05) is 16.7 Å². The van der Waals surface area contributed by atoms with Gasteiger partial charge in [-0.3, -0.25) is 0 Å². The molecular weight excluding hydrogens is 400 g/mol. The van der Waals surface area contributed by atoms with Gasteiger partial charge in [0.15, 0.2) is 5.60 Å². The Morgan fingerprint density at radius 1 is 0.750 bits per heavy atom. The summed E-state index contributed by atoms with van der Waals surface area (Å²) >= 11 is 0. The molecule has 0 aromatic heterocycles. The lowest BCUT2D eigenvalue weighted by atomic mass is 9.72. The fraction of sp³-hybridized carbons (Fsp3) is 0.321. The molecule has 0 amide bonds. The zero-order chi connectivity index (χ0) is 23.4. The summed E-state index contributed by atoms with van der Waals surface area (Å²) in [6, 6.07) is 14.9. The van der Waals surface area contributed by atoms with Gasteiger partial charge in [-0.2, -0.15) is 0 Å². The van der Waals surface area contributed by atoms with Crippen LogP contribution in [0.3, 0.4) is 0 Å². The highest BCUT2D eigenvalue weighted by atomic mass is 16.6. The smallest absolute Gasteiger partial charge is 0.340 e. The first-order valence-corrected chi connectivity index (χ1v) is 11.1. The Balaban J connectivity index is 2.21. The largest absolute Gasteiger partial charge is 0.508 e. The third-order valence-electron chi connectivity index (χ3n) is 6.51. The van der Waals surface area contributed by atoms with Crippen LogP contribution < -0.4 is 0 Å². The summed E-state index contributed by atoms with van der Waals surface area (Å²) in [6.07, 6.45) is 0. The summed E-state index contributed by atoms with van der Waals surface area (Å²) in [7, 11) is 0. The highest BCUT2D eigenvalue weighted by molar-refractivity contribution is 5.96. The molecule has 3 aromatic rings. The van der Waals surface area contributed by atoms with Gasteiger partial charge in [-0.15, -0.1) is 0 Å². The highest BCUT2D eigenvalue weighted by Crippen LogP contribution is 2.52. The predicted molar refractivity (Wildman–Crippen MR) is 126 cm³/mol. The molecule has 4 heteroatoms. The number of fused-ring (bicyclic) bond motifs is 1. The molecule has 0 saturated carbocycles. The third-order valence-corrected chi connectivity index (χ3v) is 6.51. The van der Waals surface area contributed by atoms with Gasteiger partial charge in [-0.05, 0) is 78.3 Å². The van der Waals surface area contributed by atoms with E-state index in [4.69, 9.17) is 4.74 Å². The number of hydrogen-bond donors (Lipinski definition) is 2. The van der Waals surface area contributed by atoms with Crippen LogP contribution in [0.1, 0.15) is 88.8 Å². The lowest BCUT2D eigenvalue weighted by Gasteiger charge is -2.36. The fourth-order valence-electron chi connectivity index (χ4n) is 4.75. The summed E-state index contributed by atoms with van der Waals surface area (Å²) in [4.78, 5) is 13.2. The molecule has 0 fully saturated rings. The number of aromatic hydroxyl groups is 2. The van der Waals surface area contributed by atoms with Gasteiger partial charge in [0.05, 0.1) is 5.56 Å². The number of phenolic OH excluding ortho intramolecular Hbond substituents is 2. The van der Waals surface area contributed by atoms with Gasteiger partial charge < -0.3 is 14.9 Å². The third kappa shape index (κ3) is 3.17. The number of benzene rings is 3. The number of cyclic esters (lactones) is 1. The predicted octanol–water partition coefficient (Wildman–Crippen LogP) is 6.42. The zero-order valence-corrected chi connectivity index (χ0v) is 19.5. The molecule has 0 atom stereocenters. The van der Waals surface area contributed by atoms with Crippen LogP contribution in [0.15, 0.2) is 48.5 Å². The minimum absolute atomic E-state index is 0.0838. The second kappa shape index (κ2) is 7.70. The maximum absolute atomic E-state index is 13.2. The number of hydrogen-bond acceptors (Lipinski definition) is 4. The molecule has 1 heterocycles. The van der Waals surface area contributed by atoms with Crippen LogP contribution >= 0.6 is 0 Å². The van der Waals surface area contributed by atoms with Crippen LogP contribution in [0.2, 0.25) is 0 Å². The van der Waals surface area contributed by atoms with E-state index in [0.29, 0.717) is 16.7 Å². The molecule has 3 aromatic carbocycles. The van der Waals surface area contributed by atoms with Crippen LogP contribution in [0, 0.1) is 13.8 Å². The van der Waals surface area contributed by atoms with Crippen LogP contribution in [-0.4, -0.2) is 16.2 Å². The lowest BCUT2D eigenvalue weighted by Crippen LogP contribution is -2.33. The molecule has 0 bridgehead atoms. The normalized spacial score (nSPS) is 14.7. The van der Waals surface area contributed by atoms with Gasteiger partial charge in [-0.1, -0.05) is 45.9 Å². The van der Waals surface area contributed by atoms with Crippen molar-refractivity contribution in [2.75, 3.05) is 0 Å². The first kappa shape index (κ1) is 21.9. The van der Waals surface area contributed by atoms with Crippen molar-refractivity contribution in [2.45, 2.75) is 59.0 Å². The maximum atomic E-state index is 13.2. The minimum atomic E-state index is -1.18. The van der Waals surface area contributed by atoms with Crippen LogP contribution in [-0.2, 0) is 10.3 Å². The quantitative estimate of drug-likeness (QED) is 0.469. The summed E-state index contributed by atoms with van der Waals surface area (Å²) in [5.74, 6) is 0.231. The van der Waals surface area contributed by atoms with Gasteiger partial charge in [-0.25, -0.2) is 4.79 Å². The number of carbonyl (C=O) groups excluding carboxylic acids is 1. The lowest BCUT2D eigenvalue weighted by molar-refractivity contribution is 0.0245. The van der Waals surface area contributed by atoms with E-state index in [1.165, 1.54) is 0 Å². The van der Waals surface area contributed by atoms with E-state index in [-0.39, 0.29) is 29.3 Å². The summed E-state index contributed by atoms with van der Waals surface area (Å²) in [6.45, 7) is 12.0. The SMILES string of the molecule is Cc1cc(C2(c3cc(C)c(O)cc3C(C)C)OC(=O)c3ccccc32)c(C(C)C)cc1O. The van der Waals surface area contributed by atoms with Crippen LogP contribution in [0.5, 0.6) is 11.5 Å². The molecule has 0 spiro atoms. The molecule has 4 nitrogen and oxygen atoms in total. The fourth-order valence-corrected chi connectivity index (χ4v) is 4.75. The molecule has 2 N–H and O–H groups in total. The average Bonchev–Trinajstić information content (AvgIpc) is 3.04. The Kier molecular flexibility index (Phi) is 5.28. The van der Waals surface area contributed by atoms with Crippen molar-refractivity contribution in [3.05, 3.63) is 93.0 Å². The van der Waals surface area contributed by atoms with Crippen molar-refractivity contribution < 1.29 is 19.7 Å². The molecular formula is C28H30O4. The van der Waals surface area contributed by atoms with E-state index >= 15 is 0 Å². The van der Waals surface area contributed by atoms with E-state index in [1.807, 2.05) is 44.2 Å². The van der Waals surface area contributed by atoms with E-state index in [1.54, 1.807) is 18.2 Å². The van der Waals surface area contributed by atoms with Crippen molar-refractivity contribution in [1.29, 1.82) is 0 Å². The Hall–Kier alpha value is -3.27. The van der Waals surface area contributed by atoms with E-state index in [2.05, 4.69) is 27.7 Å². The maximum Gasteiger partial charge on any atom is 0.340 e. The van der Waals surface area contributed by atoms with E-state index in [0.717, 1.165) is 27.8 Å². The van der Waals surface area contributed by atoms with Gasteiger partial charge in [0.25, 0.3) is 0 Å². The van der Waals surface area contributed by atoms with Crippen molar-refractivity contribution >= 4 is 5.97 Å². The Labute approximate surface area is 189 Å². The monoisotopic (exact) mass is 430 g/mol. The second-order valence-electron chi connectivity index (χ2n) is 9.38. The molecule has 0 radical (unpaired) electrons. The van der Waals surface area contributed by atoms with E-state index in [9.17, 15) is 15.0 Å². The van der Waals surface area contributed by atoms with Crippen molar-refractivity contribution in [2.24, 2.45) is 0 Å². The van der Waals surface area contributed by atoms with E-state index < -0.39 is 5.60 Å². The molecule has 4 rings (SSSR count). The molecule has 166 valence electrons. The number of aryl methyl sites for hydroxylation is 2.